The number of aliphatic hydroxyl groups is 1. The molecule has 3 atom stereocenters. The van der Waals surface area contributed by atoms with Crippen LogP contribution in [0.15, 0.2) is 0 Å². The Morgan fingerprint density at radius 3 is 2.70 bits per heavy atom. The number of amides is 1. The van der Waals surface area contributed by atoms with Gasteiger partial charge >= 0.3 is 0 Å². The molecule has 0 spiro atoms. The van der Waals surface area contributed by atoms with Crippen molar-refractivity contribution in [3.63, 3.8) is 0 Å². The lowest BCUT2D eigenvalue weighted by Gasteiger charge is -2.47. The molecule has 0 aromatic heterocycles. The molecule has 1 aliphatic heterocycles. The number of nitrogens with zero attached hydrogens (tertiary/aromatic N) is 2. The molecule has 126 valence electrons. The summed E-state index contributed by atoms with van der Waals surface area (Å²) in [5.41, 5.74) is -0.412. The highest BCUT2D eigenvalue weighted by atomic mass is 16.3. The third kappa shape index (κ3) is 2.77. The van der Waals surface area contributed by atoms with E-state index in [0.29, 0.717) is 18.4 Å². The molecule has 4 aliphatic carbocycles. The second-order valence-electron chi connectivity index (χ2n) is 8.52. The first kappa shape index (κ1) is 15.4. The topological polar surface area (TPSA) is 76.4 Å². The zero-order valence-electron chi connectivity index (χ0n) is 13.8. The highest BCUT2D eigenvalue weighted by Gasteiger charge is 2.52. The molecule has 5 heteroatoms. The van der Waals surface area contributed by atoms with Gasteiger partial charge in [0.1, 0.15) is 6.04 Å². The lowest BCUT2D eigenvalue weighted by Crippen LogP contribution is -2.54. The Hall–Kier alpha value is -1.12. The van der Waals surface area contributed by atoms with Crippen LogP contribution >= 0.6 is 0 Å². The van der Waals surface area contributed by atoms with Gasteiger partial charge < -0.3 is 15.3 Å². The van der Waals surface area contributed by atoms with Crippen LogP contribution in [-0.4, -0.2) is 46.2 Å². The van der Waals surface area contributed by atoms with E-state index in [2.05, 4.69) is 11.4 Å². The summed E-state index contributed by atoms with van der Waals surface area (Å²) < 4.78 is 0. The first-order valence-electron chi connectivity index (χ1n) is 9.17. The van der Waals surface area contributed by atoms with Crippen molar-refractivity contribution in [1.82, 2.24) is 10.2 Å². The first-order chi connectivity index (χ1) is 11.0. The van der Waals surface area contributed by atoms with Gasteiger partial charge in [-0.3, -0.25) is 4.79 Å². The lowest BCUT2D eigenvalue weighted by atomic mass is 9.64. The Morgan fingerprint density at radius 2 is 2.00 bits per heavy atom. The Labute approximate surface area is 138 Å². The fourth-order valence-electron chi connectivity index (χ4n) is 5.97. The first-order valence-corrected chi connectivity index (χ1v) is 9.17. The molecule has 5 nitrogen and oxygen atoms in total. The van der Waals surface area contributed by atoms with E-state index in [4.69, 9.17) is 5.26 Å². The van der Waals surface area contributed by atoms with Crippen LogP contribution in [0.2, 0.25) is 0 Å². The van der Waals surface area contributed by atoms with E-state index >= 15 is 0 Å². The van der Waals surface area contributed by atoms with E-state index in [1.807, 2.05) is 0 Å². The summed E-state index contributed by atoms with van der Waals surface area (Å²) in [6, 6.07) is 2.01. The van der Waals surface area contributed by atoms with Crippen LogP contribution in [0.25, 0.3) is 0 Å². The third-order valence-corrected chi connectivity index (χ3v) is 6.77. The summed E-state index contributed by atoms with van der Waals surface area (Å²) in [5.74, 6) is 1.29. The van der Waals surface area contributed by atoms with E-state index in [1.54, 1.807) is 4.90 Å². The maximum Gasteiger partial charge on any atom is 0.237 e. The molecule has 5 aliphatic rings. The second kappa shape index (κ2) is 5.46. The van der Waals surface area contributed by atoms with Crippen LogP contribution in [0, 0.1) is 23.2 Å². The van der Waals surface area contributed by atoms with Crippen LogP contribution in [-0.2, 0) is 4.79 Å². The highest BCUT2D eigenvalue weighted by Crippen LogP contribution is 2.54. The van der Waals surface area contributed by atoms with Crippen molar-refractivity contribution in [2.24, 2.45) is 11.8 Å². The molecule has 5 fully saturated rings. The molecule has 23 heavy (non-hydrogen) atoms. The summed E-state index contributed by atoms with van der Waals surface area (Å²) in [7, 11) is 0. The average molecular weight is 317 g/mol. The predicted molar refractivity (Wildman–Crippen MR) is 85.3 cm³/mol. The maximum atomic E-state index is 12.5. The Bertz CT molecular complexity index is 527. The zero-order chi connectivity index (χ0) is 16.1. The van der Waals surface area contributed by atoms with Gasteiger partial charge in [0.05, 0.1) is 18.2 Å². The van der Waals surface area contributed by atoms with Gasteiger partial charge in [0.25, 0.3) is 0 Å². The molecular formula is C18H27N3O2. The summed E-state index contributed by atoms with van der Waals surface area (Å²) >= 11 is 0. The second-order valence-corrected chi connectivity index (χ2v) is 8.52. The Balaban J connectivity index is 1.43. The molecule has 1 heterocycles. The fraction of sp³-hybridized carbons (Fsp3) is 0.889. The number of carbonyl (C=O) groups is 1. The van der Waals surface area contributed by atoms with E-state index in [0.717, 1.165) is 57.9 Å². The third-order valence-electron chi connectivity index (χ3n) is 6.77. The quantitative estimate of drug-likeness (QED) is 0.828. The van der Waals surface area contributed by atoms with Crippen LogP contribution in [0.3, 0.4) is 0 Å². The molecule has 1 amide bonds. The van der Waals surface area contributed by atoms with Gasteiger partial charge in [-0.1, -0.05) is 0 Å². The molecule has 1 saturated heterocycles. The minimum Gasteiger partial charge on any atom is -0.390 e. The summed E-state index contributed by atoms with van der Waals surface area (Å²) in [6.07, 6.45) is 8.94. The Morgan fingerprint density at radius 1 is 1.26 bits per heavy atom. The summed E-state index contributed by atoms with van der Waals surface area (Å²) in [5, 5.41) is 23.5. The van der Waals surface area contributed by atoms with Crippen molar-refractivity contribution in [2.75, 3.05) is 13.1 Å². The smallest absolute Gasteiger partial charge is 0.237 e. The van der Waals surface area contributed by atoms with Gasteiger partial charge in [-0.2, -0.15) is 5.26 Å². The van der Waals surface area contributed by atoms with Gasteiger partial charge in [0.15, 0.2) is 0 Å². The van der Waals surface area contributed by atoms with Gasteiger partial charge in [0, 0.05) is 12.1 Å². The van der Waals surface area contributed by atoms with Gasteiger partial charge in [-0.25, -0.2) is 0 Å². The normalized spacial score (nSPS) is 45.0. The number of nitrogens with one attached hydrogen (secondary N) is 1. The molecule has 0 radical (unpaired) electrons. The van der Waals surface area contributed by atoms with Crippen molar-refractivity contribution >= 4 is 5.91 Å². The van der Waals surface area contributed by atoms with Crippen LogP contribution in [0.5, 0.6) is 0 Å². The van der Waals surface area contributed by atoms with Crippen molar-refractivity contribution in [2.45, 2.75) is 75.0 Å². The van der Waals surface area contributed by atoms with E-state index in [1.165, 1.54) is 6.42 Å². The van der Waals surface area contributed by atoms with Crippen LogP contribution < -0.4 is 5.32 Å². The zero-order valence-corrected chi connectivity index (χ0v) is 13.8. The Kier molecular flexibility index (Phi) is 3.66. The van der Waals surface area contributed by atoms with E-state index in [-0.39, 0.29) is 17.5 Å². The molecule has 3 unspecified atom stereocenters. The minimum atomic E-state index is -0.446. The summed E-state index contributed by atoms with van der Waals surface area (Å²) in [4.78, 5) is 14.3. The van der Waals surface area contributed by atoms with E-state index < -0.39 is 5.60 Å². The van der Waals surface area contributed by atoms with Crippen molar-refractivity contribution in [1.29, 1.82) is 5.26 Å². The molecular weight excluding hydrogens is 290 g/mol. The molecule has 2 N–H and O–H groups in total. The SMILES string of the molecule is N#CC1CCCN1C(=O)CNC12CCC3(O)CC(CC(C3)C1)C2. The standard InChI is InChI=1S/C18H27N3O2/c19-11-15-2-1-5-21(15)16(22)12-20-17-3-4-18(23)9-13(7-17)6-14(8-17)10-18/h13-15,20,23H,1-10,12H2. The number of nitriles is 1. The van der Waals surface area contributed by atoms with Gasteiger partial charge in [-0.15, -0.1) is 0 Å². The van der Waals surface area contributed by atoms with Crippen LogP contribution in [0.4, 0.5) is 0 Å². The molecule has 4 saturated carbocycles. The highest BCUT2D eigenvalue weighted by molar-refractivity contribution is 5.79. The molecule has 0 aromatic carbocycles. The number of hydrogen-bond donors (Lipinski definition) is 2. The number of fused-ring (bicyclic) bond motifs is 1. The van der Waals surface area contributed by atoms with Crippen molar-refractivity contribution in [3.8, 4) is 6.07 Å². The molecule has 5 rings (SSSR count). The van der Waals surface area contributed by atoms with Crippen molar-refractivity contribution in [3.05, 3.63) is 0 Å². The number of carbonyl (C=O) groups excluding carboxylic acids is 1. The number of likely N-dealkylation sites (tertiary alicyclic amines) is 1. The average Bonchev–Trinajstić information content (AvgIpc) is 2.92. The minimum absolute atomic E-state index is 0.0338. The lowest BCUT2D eigenvalue weighted by molar-refractivity contribution is -0.130. The van der Waals surface area contributed by atoms with E-state index in [9.17, 15) is 9.90 Å². The maximum absolute atomic E-state index is 12.5. The molecule has 4 bridgehead atoms. The van der Waals surface area contributed by atoms with Crippen molar-refractivity contribution < 1.29 is 9.90 Å². The largest absolute Gasteiger partial charge is 0.390 e. The fourth-order valence-corrected chi connectivity index (χ4v) is 5.97. The van der Waals surface area contributed by atoms with Gasteiger partial charge in [0.2, 0.25) is 5.91 Å². The van der Waals surface area contributed by atoms with Gasteiger partial charge in [-0.05, 0) is 69.6 Å². The summed E-state index contributed by atoms with van der Waals surface area (Å²) in [6.45, 7) is 1.06. The van der Waals surface area contributed by atoms with Crippen LogP contribution in [0.1, 0.15) is 57.8 Å². The monoisotopic (exact) mass is 317 g/mol. The number of hydrogen-bond acceptors (Lipinski definition) is 4. The molecule has 0 aromatic rings. The number of rotatable bonds is 3. The predicted octanol–water partition coefficient (Wildman–Crippen LogP) is 1.56.